The van der Waals surface area contributed by atoms with Crippen molar-refractivity contribution < 1.29 is 14.3 Å². The number of amides is 1. The molecule has 1 unspecified atom stereocenters. The topological polar surface area (TPSA) is 78.4 Å². The Morgan fingerprint density at radius 2 is 2.04 bits per heavy atom. The van der Waals surface area contributed by atoms with Gasteiger partial charge < -0.3 is 25.0 Å². The van der Waals surface area contributed by atoms with Gasteiger partial charge in [0.1, 0.15) is 6.54 Å². The average molecular weight is 469 g/mol. The lowest BCUT2D eigenvalue weighted by molar-refractivity contribution is -0.119. The van der Waals surface area contributed by atoms with E-state index < -0.39 is 0 Å². The van der Waals surface area contributed by atoms with Crippen molar-refractivity contribution in [1.29, 1.82) is 0 Å². The highest BCUT2D eigenvalue weighted by Gasteiger charge is 2.30. The Kier molecular flexibility index (Phi) is 11.3. The molecule has 8 nitrogen and oxygen atoms in total. The highest BCUT2D eigenvalue weighted by molar-refractivity contribution is 14.0. The molecule has 1 atom stereocenters. The fraction of sp³-hybridized carbons (Fsp3) is 0.875. The molecule has 0 spiro atoms. The van der Waals surface area contributed by atoms with Crippen molar-refractivity contribution >= 4 is 35.8 Å². The number of nitrogens with one attached hydrogen (secondary N) is 2. The summed E-state index contributed by atoms with van der Waals surface area (Å²) in [5.41, 5.74) is 0. The smallest absolute Gasteiger partial charge is 0.241 e. The molecule has 0 aromatic rings. The summed E-state index contributed by atoms with van der Waals surface area (Å²) in [7, 11) is 1.62. The minimum absolute atomic E-state index is 0. The number of halogens is 1. The summed E-state index contributed by atoms with van der Waals surface area (Å²) in [6, 6.07) is 0.549. The summed E-state index contributed by atoms with van der Waals surface area (Å²) >= 11 is 0. The van der Waals surface area contributed by atoms with Crippen molar-refractivity contribution in [1.82, 2.24) is 20.4 Å². The lowest BCUT2D eigenvalue weighted by atomic mass is 10.2. The van der Waals surface area contributed by atoms with Crippen molar-refractivity contribution in [2.45, 2.75) is 19.4 Å². The van der Waals surface area contributed by atoms with E-state index in [-0.39, 0.29) is 36.4 Å². The van der Waals surface area contributed by atoms with Crippen LogP contribution in [0.4, 0.5) is 0 Å². The first-order valence-electron chi connectivity index (χ1n) is 8.85. The standard InChI is InChI=1S/C16H31N5O3.HI/c1-3-17-16(19-12-15(22)18-5-9-23-2)21-6-4-14(13-21)20-7-10-24-11-8-20;/h14H,3-13H2,1-2H3,(H,17,19)(H,18,22);1H. The summed E-state index contributed by atoms with van der Waals surface area (Å²) in [4.78, 5) is 21.1. The molecule has 2 N–H and O–H groups in total. The lowest BCUT2D eigenvalue weighted by Gasteiger charge is -2.32. The van der Waals surface area contributed by atoms with Gasteiger partial charge in [-0.1, -0.05) is 0 Å². The number of rotatable bonds is 7. The summed E-state index contributed by atoms with van der Waals surface area (Å²) < 4.78 is 10.4. The quantitative estimate of drug-likeness (QED) is 0.232. The van der Waals surface area contributed by atoms with Crippen LogP contribution in [0.3, 0.4) is 0 Å². The van der Waals surface area contributed by atoms with Crippen molar-refractivity contribution in [3.8, 4) is 0 Å². The largest absolute Gasteiger partial charge is 0.383 e. The van der Waals surface area contributed by atoms with Gasteiger partial charge in [0.2, 0.25) is 5.91 Å². The molecule has 0 aromatic heterocycles. The number of hydrogen-bond donors (Lipinski definition) is 2. The van der Waals surface area contributed by atoms with Crippen molar-refractivity contribution in [2.75, 3.05) is 72.7 Å². The molecule has 2 fully saturated rings. The third-order valence-corrected chi connectivity index (χ3v) is 4.36. The van der Waals surface area contributed by atoms with E-state index >= 15 is 0 Å². The second-order valence-corrected chi connectivity index (χ2v) is 6.05. The maximum Gasteiger partial charge on any atom is 0.241 e. The Morgan fingerprint density at radius 3 is 2.72 bits per heavy atom. The number of morpholine rings is 1. The van der Waals surface area contributed by atoms with Crippen LogP contribution in [-0.4, -0.2) is 100 Å². The van der Waals surface area contributed by atoms with Gasteiger partial charge in [-0.25, -0.2) is 4.99 Å². The molecular formula is C16H32IN5O3. The number of carbonyl (C=O) groups excluding carboxylic acids is 1. The number of methoxy groups -OCH3 is 1. The molecule has 2 heterocycles. The molecule has 0 aliphatic carbocycles. The zero-order chi connectivity index (χ0) is 17.2. The van der Waals surface area contributed by atoms with E-state index in [2.05, 4.69) is 25.4 Å². The van der Waals surface area contributed by atoms with Crippen LogP contribution in [0, 0.1) is 0 Å². The van der Waals surface area contributed by atoms with Gasteiger partial charge in [0.15, 0.2) is 5.96 Å². The first-order valence-corrected chi connectivity index (χ1v) is 8.85. The van der Waals surface area contributed by atoms with Crippen molar-refractivity contribution in [3.05, 3.63) is 0 Å². The Morgan fingerprint density at radius 1 is 1.28 bits per heavy atom. The van der Waals surface area contributed by atoms with Crippen LogP contribution >= 0.6 is 24.0 Å². The van der Waals surface area contributed by atoms with Crippen LogP contribution in [0.1, 0.15) is 13.3 Å². The van der Waals surface area contributed by atoms with E-state index in [9.17, 15) is 4.79 Å². The molecule has 1 amide bonds. The van der Waals surface area contributed by atoms with Crippen LogP contribution in [0.15, 0.2) is 4.99 Å². The molecule has 2 aliphatic rings. The minimum atomic E-state index is -0.0774. The highest BCUT2D eigenvalue weighted by atomic mass is 127. The zero-order valence-electron chi connectivity index (χ0n) is 15.3. The molecule has 0 radical (unpaired) electrons. The number of likely N-dealkylation sites (tertiary alicyclic amines) is 1. The van der Waals surface area contributed by atoms with Crippen molar-refractivity contribution in [2.24, 2.45) is 4.99 Å². The maximum absolute atomic E-state index is 11.8. The van der Waals surface area contributed by atoms with E-state index in [1.165, 1.54) is 0 Å². The number of hydrogen-bond acceptors (Lipinski definition) is 5. The van der Waals surface area contributed by atoms with E-state index in [1.54, 1.807) is 7.11 Å². The average Bonchev–Trinajstić information content (AvgIpc) is 3.09. The number of aliphatic imine (C=N–C) groups is 1. The third kappa shape index (κ3) is 7.63. The summed E-state index contributed by atoms with van der Waals surface area (Å²) in [6.45, 7) is 9.61. The number of guanidine groups is 1. The van der Waals surface area contributed by atoms with Crippen LogP contribution in [0.25, 0.3) is 0 Å². The monoisotopic (exact) mass is 469 g/mol. The number of nitrogens with zero attached hydrogens (tertiary/aromatic N) is 3. The van der Waals surface area contributed by atoms with Gasteiger partial charge in [-0.3, -0.25) is 9.69 Å². The van der Waals surface area contributed by atoms with Crippen LogP contribution in [0.5, 0.6) is 0 Å². The predicted molar refractivity (Wildman–Crippen MR) is 109 cm³/mol. The summed E-state index contributed by atoms with van der Waals surface area (Å²) in [5.74, 6) is 0.751. The molecule has 0 aromatic carbocycles. The normalized spacial score (nSPS) is 21.8. The molecule has 2 saturated heterocycles. The summed E-state index contributed by atoms with van der Waals surface area (Å²) in [5, 5.41) is 6.09. The van der Waals surface area contributed by atoms with Gasteiger partial charge in [0.05, 0.1) is 19.8 Å². The predicted octanol–water partition coefficient (Wildman–Crippen LogP) is -0.261. The Hall–Kier alpha value is -0.650. The van der Waals surface area contributed by atoms with Gasteiger partial charge in [-0.05, 0) is 13.3 Å². The molecular weight excluding hydrogens is 437 g/mol. The van der Waals surface area contributed by atoms with Gasteiger partial charge >= 0.3 is 0 Å². The Bertz CT molecular complexity index is 419. The van der Waals surface area contributed by atoms with Gasteiger partial charge in [-0.2, -0.15) is 0 Å². The fourth-order valence-corrected chi connectivity index (χ4v) is 3.10. The van der Waals surface area contributed by atoms with Gasteiger partial charge in [-0.15, -0.1) is 24.0 Å². The lowest BCUT2D eigenvalue weighted by Crippen LogP contribution is -2.47. The molecule has 0 bridgehead atoms. The third-order valence-electron chi connectivity index (χ3n) is 4.36. The number of ether oxygens (including phenoxy) is 2. The zero-order valence-corrected chi connectivity index (χ0v) is 17.7. The molecule has 2 rings (SSSR count). The van der Waals surface area contributed by atoms with Gasteiger partial charge in [0.25, 0.3) is 0 Å². The Labute approximate surface area is 167 Å². The fourth-order valence-electron chi connectivity index (χ4n) is 3.10. The van der Waals surface area contributed by atoms with E-state index in [1.807, 2.05) is 6.92 Å². The van der Waals surface area contributed by atoms with Crippen LogP contribution < -0.4 is 10.6 Å². The van der Waals surface area contributed by atoms with E-state index in [4.69, 9.17) is 9.47 Å². The SMILES string of the molecule is CCNC(=NCC(=O)NCCOC)N1CCC(N2CCOCC2)C1.I. The van der Waals surface area contributed by atoms with E-state index in [0.717, 1.165) is 58.3 Å². The molecule has 25 heavy (non-hydrogen) atoms. The van der Waals surface area contributed by atoms with E-state index in [0.29, 0.717) is 19.2 Å². The van der Waals surface area contributed by atoms with Crippen molar-refractivity contribution in [3.63, 3.8) is 0 Å². The Balaban J connectivity index is 0.00000312. The first-order chi connectivity index (χ1) is 11.7. The highest BCUT2D eigenvalue weighted by Crippen LogP contribution is 2.17. The number of carbonyl (C=O) groups is 1. The molecule has 2 aliphatic heterocycles. The second-order valence-electron chi connectivity index (χ2n) is 6.05. The van der Waals surface area contributed by atoms with Crippen LogP contribution in [0.2, 0.25) is 0 Å². The van der Waals surface area contributed by atoms with Crippen LogP contribution in [-0.2, 0) is 14.3 Å². The second kappa shape index (κ2) is 12.7. The molecule has 0 saturated carbocycles. The van der Waals surface area contributed by atoms with Gasteiger partial charge in [0, 0.05) is 52.4 Å². The molecule has 146 valence electrons. The molecule has 9 heteroatoms. The minimum Gasteiger partial charge on any atom is -0.383 e. The first kappa shape index (κ1) is 22.4. The summed E-state index contributed by atoms with van der Waals surface area (Å²) in [6.07, 6.45) is 1.13. The maximum atomic E-state index is 11.8.